The third-order valence-electron chi connectivity index (χ3n) is 11.4. The van der Waals surface area contributed by atoms with E-state index in [4.69, 9.17) is 14.2 Å². The molecule has 0 fully saturated rings. The number of esters is 3. The highest BCUT2D eigenvalue weighted by atomic mass is 16.6. The lowest BCUT2D eigenvalue weighted by molar-refractivity contribution is -0.166. The summed E-state index contributed by atoms with van der Waals surface area (Å²) < 4.78 is 16.8. The van der Waals surface area contributed by atoms with Gasteiger partial charge in [-0.2, -0.15) is 0 Å². The van der Waals surface area contributed by atoms with Gasteiger partial charge in [-0.3, -0.25) is 14.4 Å². The summed E-state index contributed by atoms with van der Waals surface area (Å²) in [7, 11) is 0. The molecular formula is C64H102O6. The molecule has 1 atom stereocenters. The summed E-state index contributed by atoms with van der Waals surface area (Å²) in [6.07, 6.45) is 80.2. The van der Waals surface area contributed by atoms with Crippen LogP contribution in [0.5, 0.6) is 0 Å². The molecule has 0 spiro atoms. The minimum atomic E-state index is -0.828. The van der Waals surface area contributed by atoms with Crippen molar-refractivity contribution >= 4 is 17.9 Å². The fourth-order valence-electron chi connectivity index (χ4n) is 7.22. The van der Waals surface area contributed by atoms with Crippen LogP contribution in [0.1, 0.15) is 233 Å². The van der Waals surface area contributed by atoms with Crippen molar-refractivity contribution < 1.29 is 28.6 Å². The van der Waals surface area contributed by atoms with E-state index in [0.29, 0.717) is 12.8 Å². The molecule has 394 valence electrons. The molecular weight excluding hydrogens is 865 g/mol. The molecule has 0 aromatic heterocycles. The molecule has 0 aliphatic rings. The second kappa shape index (κ2) is 57.1. The summed E-state index contributed by atoms with van der Waals surface area (Å²) in [4.78, 5) is 38.1. The van der Waals surface area contributed by atoms with Crippen LogP contribution >= 0.6 is 0 Å². The molecule has 0 amide bonds. The van der Waals surface area contributed by atoms with Crippen molar-refractivity contribution in [3.63, 3.8) is 0 Å². The number of carbonyl (C=O) groups is 3. The van der Waals surface area contributed by atoms with Crippen LogP contribution in [0.15, 0.2) is 134 Å². The van der Waals surface area contributed by atoms with Crippen molar-refractivity contribution in [3.05, 3.63) is 134 Å². The summed E-state index contributed by atoms with van der Waals surface area (Å²) >= 11 is 0. The van der Waals surface area contributed by atoms with Crippen LogP contribution in [-0.2, 0) is 28.6 Å². The molecule has 6 nitrogen and oxygen atoms in total. The van der Waals surface area contributed by atoms with Crippen LogP contribution in [0.4, 0.5) is 0 Å². The molecule has 70 heavy (non-hydrogen) atoms. The van der Waals surface area contributed by atoms with Gasteiger partial charge < -0.3 is 14.2 Å². The third-order valence-corrected chi connectivity index (χ3v) is 11.4. The zero-order valence-corrected chi connectivity index (χ0v) is 45.0. The van der Waals surface area contributed by atoms with E-state index in [1.165, 1.54) is 57.8 Å². The molecule has 0 rings (SSSR count). The molecule has 0 N–H and O–H groups in total. The Bertz CT molecular complexity index is 1530. The molecule has 0 aromatic rings. The highest BCUT2D eigenvalue weighted by molar-refractivity contribution is 5.71. The summed E-state index contributed by atoms with van der Waals surface area (Å²) in [5.74, 6) is -1.04. The first-order valence-electron chi connectivity index (χ1n) is 28.2. The van der Waals surface area contributed by atoms with Gasteiger partial charge in [-0.25, -0.2) is 0 Å². The summed E-state index contributed by atoms with van der Waals surface area (Å²) in [5.41, 5.74) is 0. The van der Waals surface area contributed by atoms with E-state index in [1.807, 2.05) is 12.2 Å². The standard InChI is InChI=1S/C64H102O6/c1-4-7-10-13-16-19-22-25-28-30-32-34-36-39-42-45-48-51-54-57-63(66)69-60-61(59-68-62(65)56-53-50-47-44-41-38-27-24-21-18-15-12-9-6-3)70-64(67)58-55-52-49-46-43-40-37-35-33-31-29-26-23-20-17-14-11-8-5-2/h7-8,10-11,16-17,19-20,25-26,28-29,32-35,38-39,41-42,48,51,61H,4-6,9,12-15,18,21-24,27,30-31,36-37,40,43-47,49-50,52-60H2,1-3H3/b10-7-,11-8-,19-16-,20-17-,28-25-,29-26-,34-32-,35-33-,41-38-,42-39-,51-48-. The quantitative estimate of drug-likeness (QED) is 0.0262. The van der Waals surface area contributed by atoms with Crippen LogP contribution in [0, 0.1) is 0 Å². The Kier molecular flexibility index (Phi) is 53.5. The topological polar surface area (TPSA) is 78.9 Å². The third kappa shape index (κ3) is 54.5. The van der Waals surface area contributed by atoms with E-state index in [2.05, 4.69) is 142 Å². The largest absolute Gasteiger partial charge is 0.462 e. The van der Waals surface area contributed by atoms with E-state index in [-0.39, 0.29) is 44.0 Å². The summed E-state index contributed by atoms with van der Waals surface area (Å²) in [6.45, 7) is 6.31. The van der Waals surface area contributed by atoms with Gasteiger partial charge in [-0.15, -0.1) is 0 Å². The maximum absolute atomic E-state index is 12.9. The second-order valence-electron chi connectivity index (χ2n) is 18.1. The van der Waals surface area contributed by atoms with Crippen LogP contribution < -0.4 is 0 Å². The Hall–Kier alpha value is -4.45. The van der Waals surface area contributed by atoms with Crippen molar-refractivity contribution in [2.75, 3.05) is 13.2 Å². The van der Waals surface area contributed by atoms with Gasteiger partial charge in [0.1, 0.15) is 13.2 Å². The molecule has 0 heterocycles. The van der Waals surface area contributed by atoms with Crippen molar-refractivity contribution in [2.24, 2.45) is 0 Å². The minimum Gasteiger partial charge on any atom is -0.462 e. The number of rotatable bonds is 49. The van der Waals surface area contributed by atoms with Crippen molar-refractivity contribution in [1.82, 2.24) is 0 Å². The number of unbranched alkanes of at least 4 members (excludes halogenated alkanes) is 16. The molecule has 0 saturated carbocycles. The molecule has 0 aliphatic carbocycles. The molecule has 1 unspecified atom stereocenters. The van der Waals surface area contributed by atoms with Gasteiger partial charge in [-0.05, 0) is 122 Å². The number of ether oxygens (including phenoxy) is 3. The lowest BCUT2D eigenvalue weighted by Crippen LogP contribution is -2.30. The van der Waals surface area contributed by atoms with Gasteiger partial charge in [0.05, 0.1) is 0 Å². The smallest absolute Gasteiger partial charge is 0.306 e. The van der Waals surface area contributed by atoms with E-state index in [9.17, 15) is 14.4 Å². The predicted molar refractivity (Wildman–Crippen MR) is 302 cm³/mol. The highest BCUT2D eigenvalue weighted by Gasteiger charge is 2.19. The fraction of sp³-hybridized carbons (Fsp3) is 0.609. The molecule has 0 radical (unpaired) electrons. The van der Waals surface area contributed by atoms with Crippen LogP contribution in [0.2, 0.25) is 0 Å². The van der Waals surface area contributed by atoms with Crippen LogP contribution in [0.3, 0.4) is 0 Å². The van der Waals surface area contributed by atoms with Crippen LogP contribution in [0.25, 0.3) is 0 Å². The van der Waals surface area contributed by atoms with Gasteiger partial charge in [-0.1, -0.05) is 225 Å². The molecule has 0 aliphatic heterocycles. The minimum absolute atomic E-state index is 0.119. The first-order chi connectivity index (χ1) is 34.5. The molecule has 6 heteroatoms. The van der Waals surface area contributed by atoms with Gasteiger partial charge in [0.25, 0.3) is 0 Å². The SMILES string of the molecule is CC/C=C\C/C=C\C/C=C\C/C=C\C/C=C\C/C=C\CCC(=O)OCC(COC(=O)CCCCC/C=C\CCCCCCCCC)OC(=O)CCCCCCCC/C=C\C/C=C\C/C=C\C/C=C\CC. The predicted octanol–water partition coefficient (Wildman–Crippen LogP) is 19.0. The van der Waals surface area contributed by atoms with E-state index in [0.717, 1.165) is 128 Å². The number of allylic oxidation sites excluding steroid dienone is 22. The average molecular weight is 968 g/mol. The molecule has 0 saturated heterocycles. The lowest BCUT2D eigenvalue weighted by atomic mass is 10.1. The van der Waals surface area contributed by atoms with Crippen molar-refractivity contribution in [2.45, 2.75) is 239 Å². The van der Waals surface area contributed by atoms with Crippen molar-refractivity contribution in [3.8, 4) is 0 Å². The van der Waals surface area contributed by atoms with E-state index >= 15 is 0 Å². The summed E-state index contributed by atoms with van der Waals surface area (Å²) in [6, 6.07) is 0. The fourth-order valence-corrected chi connectivity index (χ4v) is 7.22. The van der Waals surface area contributed by atoms with E-state index in [1.54, 1.807) is 0 Å². The number of hydrogen-bond acceptors (Lipinski definition) is 6. The maximum atomic E-state index is 12.9. The average Bonchev–Trinajstić information content (AvgIpc) is 3.36. The highest BCUT2D eigenvalue weighted by Crippen LogP contribution is 2.13. The molecule has 0 bridgehead atoms. The Morgan fingerprint density at radius 1 is 0.300 bits per heavy atom. The first-order valence-corrected chi connectivity index (χ1v) is 28.2. The Balaban J connectivity index is 4.56. The maximum Gasteiger partial charge on any atom is 0.306 e. The monoisotopic (exact) mass is 967 g/mol. The van der Waals surface area contributed by atoms with Crippen molar-refractivity contribution in [1.29, 1.82) is 0 Å². The van der Waals surface area contributed by atoms with Crippen LogP contribution in [-0.4, -0.2) is 37.2 Å². The zero-order chi connectivity index (χ0) is 50.7. The second-order valence-corrected chi connectivity index (χ2v) is 18.1. The Morgan fingerprint density at radius 3 is 0.986 bits per heavy atom. The molecule has 0 aromatic carbocycles. The van der Waals surface area contributed by atoms with Gasteiger partial charge in [0, 0.05) is 19.3 Å². The lowest BCUT2D eigenvalue weighted by Gasteiger charge is -2.18. The zero-order valence-electron chi connectivity index (χ0n) is 45.0. The Morgan fingerprint density at radius 2 is 0.586 bits per heavy atom. The van der Waals surface area contributed by atoms with Gasteiger partial charge in [0.2, 0.25) is 0 Å². The Labute approximate surface area is 430 Å². The normalized spacial score (nSPS) is 13.1. The first kappa shape index (κ1) is 65.5. The number of carbonyl (C=O) groups excluding carboxylic acids is 3. The van der Waals surface area contributed by atoms with Gasteiger partial charge >= 0.3 is 17.9 Å². The summed E-state index contributed by atoms with van der Waals surface area (Å²) in [5, 5.41) is 0. The number of hydrogen-bond donors (Lipinski definition) is 0. The van der Waals surface area contributed by atoms with Gasteiger partial charge in [0.15, 0.2) is 6.10 Å². The van der Waals surface area contributed by atoms with E-state index < -0.39 is 6.10 Å².